The molecule has 0 aliphatic heterocycles. The Labute approximate surface area is 97.7 Å². The van der Waals surface area contributed by atoms with Gasteiger partial charge < -0.3 is 20.6 Å². The predicted octanol–water partition coefficient (Wildman–Crippen LogP) is -2.19. The molecule has 0 fully saturated rings. The Balaban J connectivity index is 2.77. The number of aromatic amines is 1. The van der Waals surface area contributed by atoms with E-state index in [1.54, 1.807) is 0 Å². The van der Waals surface area contributed by atoms with Gasteiger partial charge in [0.15, 0.2) is 0 Å². The summed E-state index contributed by atoms with van der Waals surface area (Å²) in [4.78, 5) is 15.6. The third kappa shape index (κ3) is 2.99. The Morgan fingerprint density at radius 2 is 1.94 bits per heavy atom. The maximum Gasteiger partial charge on any atom is 0.291 e. The third-order valence-corrected chi connectivity index (χ3v) is 2.36. The van der Waals surface area contributed by atoms with Crippen LogP contribution in [0.4, 0.5) is 0 Å². The summed E-state index contributed by atoms with van der Waals surface area (Å²) in [5, 5.41) is 35.7. The molecular formula is C9H16N4O4. The highest BCUT2D eigenvalue weighted by molar-refractivity contribution is 5.90. The number of hydrogen-bond donors (Lipinski definition) is 5. The molecule has 0 atom stereocenters. The van der Waals surface area contributed by atoms with E-state index in [4.69, 9.17) is 15.3 Å². The summed E-state index contributed by atoms with van der Waals surface area (Å²) < 4.78 is 0. The van der Waals surface area contributed by atoms with E-state index in [0.717, 1.165) is 0 Å². The minimum atomic E-state index is -1.47. The maximum absolute atomic E-state index is 11.7. The van der Waals surface area contributed by atoms with E-state index in [-0.39, 0.29) is 5.82 Å². The molecule has 0 saturated carbocycles. The average molecular weight is 244 g/mol. The first-order chi connectivity index (χ1) is 8.10. The van der Waals surface area contributed by atoms with Crippen LogP contribution in [0.2, 0.25) is 0 Å². The van der Waals surface area contributed by atoms with Crippen molar-refractivity contribution < 1.29 is 20.1 Å². The number of nitrogens with one attached hydrogen (secondary N) is 2. The van der Waals surface area contributed by atoms with Gasteiger partial charge in [-0.2, -0.15) is 0 Å². The van der Waals surface area contributed by atoms with Crippen LogP contribution in [-0.2, 0) is 6.42 Å². The molecule has 0 aliphatic carbocycles. The van der Waals surface area contributed by atoms with E-state index in [1.165, 1.54) is 0 Å². The Hall–Kier alpha value is -1.51. The zero-order valence-electron chi connectivity index (χ0n) is 9.47. The van der Waals surface area contributed by atoms with Gasteiger partial charge in [-0.1, -0.05) is 6.92 Å². The fourth-order valence-corrected chi connectivity index (χ4v) is 1.12. The number of rotatable bonds is 6. The Morgan fingerprint density at radius 3 is 2.35 bits per heavy atom. The van der Waals surface area contributed by atoms with Crippen LogP contribution in [0, 0.1) is 0 Å². The standard InChI is InChI=1S/C9H16N4O4/c1-2-6-10-7(13-12-6)8(17)11-9(3-14,4-15)5-16/h14-16H,2-5H2,1H3,(H,11,17)(H,10,12,13). The number of H-pyrrole nitrogens is 1. The normalized spacial score (nSPS) is 11.5. The van der Waals surface area contributed by atoms with Crippen molar-refractivity contribution in [2.45, 2.75) is 18.9 Å². The molecule has 5 N–H and O–H groups in total. The minimum Gasteiger partial charge on any atom is -0.394 e. The molecule has 0 aliphatic rings. The first kappa shape index (κ1) is 13.6. The molecule has 0 aromatic carbocycles. The SMILES string of the molecule is CCc1nc(C(=O)NC(CO)(CO)CO)n[nH]1. The van der Waals surface area contributed by atoms with Crippen LogP contribution in [0.5, 0.6) is 0 Å². The molecule has 1 amide bonds. The van der Waals surface area contributed by atoms with E-state index in [9.17, 15) is 4.79 Å². The van der Waals surface area contributed by atoms with E-state index in [1.807, 2.05) is 6.92 Å². The summed E-state index contributed by atoms with van der Waals surface area (Å²) in [5.41, 5.74) is -1.47. The molecule has 1 aromatic heterocycles. The average Bonchev–Trinajstić information content (AvgIpc) is 2.85. The molecule has 1 rings (SSSR count). The quantitative estimate of drug-likeness (QED) is 0.386. The Kier molecular flexibility index (Phi) is 4.55. The minimum absolute atomic E-state index is 0.0958. The van der Waals surface area contributed by atoms with Crippen molar-refractivity contribution in [3.63, 3.8) is 0 Å². The molecule has 1 aromatic rings. The number of aliphatic hydroxyl groups excluding tert-OH is 3. The second-order valence-electron chi connectivity index (χ2n) is 3.67. The van der Waals surface area contributed by atoms with E-state index in [0.29, 0.717) is 12.2 Å². The molecule has 8 heteroatoms. The van der Waals surface area contributed by atoms with Crippen molar-refractivity contribution in [2.24, 2.45) is 0 Å². The Morgan fingerprint density at radius 1 is 1.35 bits per heavy atom. The van der Waals surface area contributed by atoms with E-state index < -0.39 is 31.3 Å². The van der Waals surface area contributed by atoms with E-state index >= 15 is 0 Å². The highest BCUT2D eigenvalue weighted by Gasteiger charge is 2.31. The van der Waals surface area contributed by atoms with Gasteiger partial charge in [-0.25, -0.2) is 4.98 Å². The van der Waals surface area contributed by atoms with Gasteiger partial charge >= 0.3 is 0 Å². The lowest BCUT2D eigenvalue weighted by atomic mass is 10.0. The van der Waals surface area contributed by atoms with Crippen molar-refractivity contribution in [3.05, 3.63) is 11.6 Å². The molecule has 0 unspecified atom stereocenters. The second kappa shape index (κ2) is 5.71. The number of nitrogens with zero attached hydrogens (tertiary/aromatic N) is 2. The molecule has 0 bridgehead atoms. The van der Waals surface area contributed by atoms with Crippen LogP contribution in [0.3, 0.4) is 0 Å². The number of hydrogen-bond acceptors (Lipinski definition) is 6. The van der Waals surface area contributed by atoms with Crippen LogP contribution in [-0.4, -0.2) is 61.8 Å². The number of carbonyl (C=O) groups is 1. The zero-order valence-corrected chi connectivity index (χ0v) is 9.47. The summed E-state index contributed by atoms with van der Waals surface area (Å²) >= 11 is 0. The highest BCUT2D eigenvalue weighted by Crippen LogP contribution is 2.03. The summed E-state index contributed by atoms with van der Waals surface area (Å²) in [5.74, 6) is -0.211. The van der Waals surface area contributed by atoms with Gasteiger partial charge in [-0.15, -0.1) is 5.10 Å². The third-order valence-electron chi connectivity index (χ3n) is 2.36. The molecule has 0 saturated heterocycles. The number of aryl methyl sites for hydroxylation is 1. The monoisotopic (exact) mass is 244 g/mol. The summed E-state index contributed by atoms with van der Waals surface area (Å²) in [6.07, 6.45) is 0.603. The molecule has 0 spiro atoms. The summed E-state index contributed by atoms with van der Waals surface area (Å²) in [6, 6.07) is 0. The van der Waals surface area contributed by atoms with Crippen LogP contribution in [0.15, 0.2) is 0 Å². The Bertz CT molecular complexity index is 367. The van der Waals surface area contributed by atoms with Crippen molar-refractivity contribution in [2.75, 3.05) is 19.8 Å². The van der Waals surface area contributed by atoms with Crippen molar-refractivity contribution in [1.82, 2.24) is 20.5 Å². The second-order valence-corrected chi connectivity index (χ2v) is 3.67. The number of carbonyl (C=O) groups excluding carboxylic acids is 1. The first-order valence-electron chi connectivity index (χ1n) is 5.17. The highest BCUT2D eigenvalue weighted by atomic mass is 16.3. The summed E-state index contributed by atoms with van der Waals surface area (Å²) in [7, 11) is 0. The van der Waals surface area contributed by atoms with Gasteiger partial charge in [0.25, 0.3) is 5.91 Å². The van der Waals surface area contributed by atoms with Crippen LogP contribution >= 0.6 is 0 Å². The lowest BCUT2D eigenvalue weighted by Gasteiger charge is -2.27. The zero-order chi connectivity index (χ0) is 12.9. The first-order valence-corrected chi connectivity index (χ1v) is 5.17. The smallest absolute Gasteiger partial charge is 0.291 e. The van der Waals surface area contributed by atoms with Gasteiger partial charge in [-0.3, -0.25) is 9.89 Å². The molecule has 17 heavy (non-hydrogen) atoms. The molecule has 8 nitrogen and oxygen atoms in total. The fourth-order valence-electron chi connectivity index (χ4n) is 1.12. The fraction of sp³-hybridized carbons (Fsp3) is 0.667. The topological polar surface area (TPSA) is 131 Å². The maximum atomic E-state index is 11.7. The van der Waals surface area contributed by atoms with Crippen LogP contribution < -0.4 is 5.32 Å². The van der Waals surface area contributed by atoms with Crippen LogP contribution in [0.1, 0.15) is 23.4 Å². The van der Waals surface area contributed by atoms with Gasteiger partial charge in [0, 0.05) is 6.42 Å². The molecule has 1 heterocycles. The van der Waals surface area contributed by atoms with Gasteiger partial charge in [-0.05, 0) is 0 Å². The van der Waals surface area contributed by atoms with Gasteiger partial charge in [0.1, 0.15) is 11.4 Å². The number of amides is 1. The predicted molar refractivity (Wildman–Crippen MR) is 57.2 cm³/mol. The van der Waals surface area contributed by atoms with Gasteiger partial charge in [0.05, 0.1) is 19.8 Å². The van der Waals surface area contributed by atoms with Crippen molar-refractivity contribution in [3.8, 4) is 0 Å². The lowest BCUT2D eigenvalue weighted by molar-refractivity contribution is 0.0371. The number of aliphatic hydroxyl groups is 3. The molecule has 0 radical (unpaired) electrons. The molecular weight excluding hydrogens is 228 g/mol. The number of aromatic nitrogens is 3. The summed E-state index contributed by atoms with van der Waals surface area (Å²) in [6.45, 7) is 0.0893. The largest absolute Gasteiger partial charge is 0.394 e. The lowest BCUT2D eigenvalue weighted by Crippen LogP contribution is -2.57. The molecule has 96 valence electrons. The van der Waals surface area contributed by atoms with E-state index in [2.05, 4.69) is 20.5 Å². The van der Waals surface area contributed by atoms with Gasteiger partial charge in [0.2, 0.25) is 5.82 Å². The van der Waals surface area contributed by atoms with Crippen LogP contribution in [0.25, 0.3) is 0 Å². The van der Waals surface area contributed by atoms with Crippen molar-refractivity contribution in [1.29, 1.82) is 0 Å². The van der Waals surface area contributed by atoms with Crippen molar-refractivity contribution >= 4 is 5.91 Å².